The van der Waals surface area contributed by atoms with E-state index in [9.17, 15) is 19.7 Å². The summed E-state index contributed by atoms with van der Waals surface area (Å²) in [5.41, 5.74) is 3.32. The summed E-state index contributed by atoms with van der Waals surface area (Å²) < 4.78 is 5.11. The Morgan fingerprint density at radius 1 is 1.21 bits per heavy atom. The molecule has 2 aromatic carbocycles. The van der Waals surface area contributed by atoms with E-state index in [1.54, 1.807) is 19.1 Å². The maximum atomic E-state index is 12.9. The highest BCUT2D eigenvalue weighted by Gasteiger charge is 2.40. The van der Waals surface area contributed by atoms with Crippen LogP contribution in [0.3, 0.4) is 0 Å². The van der Waals surface area contributed by atoms with Crippen molar-refractivity contribution >= 4 is 23.0 Å². The van der Waals surface area contributed by atoms with Crippen molar-refractivity contribution in [1.29, 1.82) is 0 Å². The van der Waals surface area contributed by atoms with Crippen LogP contribution in [0.4, 0.5) is 5.69 Å². The molecule has 1 aliphatic rings. The molecular weight excluding hydrogens is 358 g/mol. The van der Waals surface area contributed by atoms with Crippen LogP contribution >= 0.6 is 0 Å². The number of non-ortho nitro benzene ring substituents is 1. The molecule has 0 unspecified atom stereocenters. The number of nitrogens with zero attached hydrogens (tertiary/aromatic N) is 1. The lowest BCUT2D eigenvalue weighted by atomic mass is 9.73. The second kappa shape index (κ2) is 8.17. The van der Waals surface area contributed by atoms with E-state index in [-0.39, 0.29) is 18.1 Å². The molecular formula is C22H21NO5. The Labute approximate surface area is 163 Å². The second-order valence-corrected chi connectivity index (χ2v) is 6.83. The lowest BCUT2D eigenvalue weighted by Crippen LogP contribution is -2.34. The van der Waals surface area contributed by atoms with Crippen molar-refractivity contribution in [3.63, 3.8) is 0 Å². The summed E-state index contributed by atoms with van der Waals surface area (Å²) in [6.45, 7) is 3.83. The molecule has 0 aromatic heterocycles. The Morgan fingerprint density at radius 2 is 1.93 bits per heavy atom. The predicted octanol–water partition coefficient (Wildman–Crippen LogP) is 4.22. The quantitative estimate of drug-likeness (QED) is 0.336. The number of benzene rings is 2. The number of ether oxygens (including phenoxy) is 1. The fraction of sp³-hybridized carbons (Fsp3) is 0.273. The van der Waals surface area contributed by atoms with Crippen LogP contribution in [-0.4, -0.2) is 23.3 Å². The highest BCUT2D eigenvalue weighted by molar-refractivity contribution is 6.10. The van der Waals surface area contributed by atoms with Gasteiger partial charge in [0.2, 0.25) is 0 Å². The number of hydrogen-bond acceptors (Lipinski definition) is 5. The number of aryl methyl sites for hydroxylation is 1. The minimum atomic E-state index is -1.00. The van der Waals surface area contributed by atoms with Crippen LogP contribution < -0.4 is 0 Å². The maximum absolute atomic E-state index is 12.9. The molecule has 6 heteroatoms. The molecule has 0 amide bonds. The zero-order chi connectivity index (χ0) is 20.3. The highest BCUT2D eigenvalue weighted by atomic mass is 16.6. The third kappa shape index (κ3) is 4.01. The Kier molecular flexibility index (Phi) is 5.68. The molecule has 0 aliphatic heterocycles. The average molecular weight is 379 g/mol. The number of hydrogen-bond donors (Lipinski definition) is 0. The van der Waals surface area contributed by atoms with E-state index in [1.807, 2.05) is 31.2 Å². The van der Waals surface area contributed by atoms with Gasteiger partial charge < -0.3 is 4.74 Å². The number of ketones is 1. The van der Waals surface area contributed by atoms with E-state index in [0.717, 1.165) is 16.7 Å². The van der Waals surface area contributed by atoms with Crippen LogP contribution in [0.25, 0.3) is 5.57 Å². The van der Waals surface area contributed by atoms with Gasteiger partial charge in [0.25, 0.3) is 5.69 Å². The zero-order valence-electron chi connectivity index (χ0n) is 15.8. The number of carbonyl (C=O) groups excluding carboxylic acids is 2. The summed E-state index contributed by atoms with van der Waals surface area (Å²) in [5.74, 6) is -2.45. The first-order chi connectivity index (χ1) is 13.4. The Balaban J connectivity index is 2.05. The van der Waals surface area contributed by atoms with Crippen molar-refractivity contribution in [3.8, 4) is 0 Å². The van der Waals surface area contributed by atoms with Crippen molar-refractivity contribution in [1.82, 2.24) is 0 Å². The molecule has 3 rings (SSSR count). The fourth-order valence-electron chi connectivity index (χ4n) is 3.53. The molecule has 0 saturated heterocycles. The van der Waals surface area contributed by atoms with Gasteiger partial charge in [-0.15, -0.1) is 0 Å². The molecule has 0 radical (unpaired) electrons. The lowest BCUT2D eigenvalue weighted by molar-refractivity contribution is -0.384. The first-order valence-electron chi connectivity index (χ1n) is 9.13. The van der Waals surface area contributed by atoms with Gasteiger partial charge in [-0.05, 0) is 43.0 Å². The number of allylic oxidation sites excluding steroid dienone is 2. The smallest absolute Gasteiger partial charge is 0.317 e. The molecule has 2 aromatic rings. The highest BCUT2D eigenvalue weighted by Crippen LogP contribution is 2.41. The SMILES string of the molecule is CCOC(=O)[C@@H]1C(=O)C=C(c2ccc(C)cc2)C[C@@H]1c1cccc([N+](=O)[O-])c1. The summed E-state index contributed by atoms with van der Waals surface area (Å²) >= 11 is 0. The summed E-state index contributed by atoms with van der Waals surface area (Å²) in [4.78, 5) is 36.0. The molecule has 28 heavy (non-hydrogen) atoms. The number of nitro benzene ring substituents is 1. The largest absolute Gasteiger partial charge is 0.465 e. The van der Waals surface area contributed by atoms with E-state index in [1.165, 1.54) is 18.2 Å². The van der Waals surface area contributed by atoms with Crippen molar-refractivity contribution in [2.24, 2.45) is 5.92 Å². The molecule has 144 valence electrons. The Morgan fingerprint density at radius 3 is 2.57 bits per heavy atom. The molecule has 0 heterocycles. The van der Waals surface area contributed by atoms with E-state index in [0.29, 0.717) is 12.0 Å². The number of rotatable bonds is 5. The van der Waals surface area contributed by atoms with Crippen LogP contribution in [0, 0.1) is 23.0 Å². The van der Waals surface area contributed by atoms with E-state index >= 15 is 0 Å². The van der Waals surface area contributed by atoms with Crippen LogP contribution in [0.2, 0.25) is 0 Å². The maximum Gasteiger partial charge on any atom is 0.317 e. The monoisotopic (exact) mass is 379 g/mol. The average Bonchev–Trinajstić information content (AvgIpc) is 2.68. The first-order valence-corrected chi connectivity index (χ1v) is 9.13. The van der Waals surface area contributed by atoms with Gasteiger partial charge in [-0.2, -0.15) is 0 Å². The third-order valence-corrected chi connectivity index (χ3v) is 4.94. The van der Waals surface area contributed by atoms with Gasteiger partial charge in [0.1, 0.15) is 5.92 Å². The first kappa shape index (κ1) is 19.5. The van der Waals surface area contributed by atoms with Crippen LogP contribution in [0.1, 0.15) is 36.0 Å². The van der Waals surface area contributed by atoms with Gasteiger partial charge in [-0.1, -0.05) is 42.0 Å². The summed E-state index contributed by atoms with van der Waals surface area (Å²) in [5, 5.41) is 11.2. The standard InChI is InChI=1S/C22H21NO5/c1-3-28-22(25)21-19(16-5-4-6-18(11-16)23(26)27)12-17(13-20(21)24)15-9-7-14(2)8-10-15/h4-11,13,19,21H,3,12H2,1-2H3/t19-,21+/m1/s1. The van der Waals surface area contributed by atoms with Gasteiger partial charge >= 0.3 is 5.97 Å². The topological polar surface area (TPSA) is 86.5 Å². The van der Waals surface area contributed by atoms with Crippen molar-refractivity contribution in [3.05, 3.63) is 81.4 Å². The number of esters is 1. The summed E-state index contributed by atoms with van der Waals surface area (Å²) in [6, 6.07) is 13.9. The van der Waals surface area contributed by atoms with Crippen LogP contribution in [0.15, 0.2) is 54.6 Å². The fourth-order valence-corrected chi connectivity index (χ4v) is 3.53. The Hall–Kier alpha value is -3.28. The van der Waals surface area contributed by atoms with E-state index < -0.39 is 22.7 Å². The van der Waals surface area contributed by atoms with Gasteiger partial charge in [0, 0.05) is 18.1 Å². The third-order valence-electron chi connectivity index (χ3n) is 4.94. The van der Waals surface area contributed by atoms with Crippen molar-refractivity contribution in [2.45, 2.75) is 26.2 Å². The van der Waals surface area contributed by atoms with Gasteiger partial charge in [-0.3, -0.25) is 19.7 Å². The predicted molar refractivity (Wildman–Crippen MR) is 105 cm³/mol. The molecule has 0 fully saturated rings. The van der Waals surface area contributed by atoms with Crippen LogP contribution in [-0.2, 0) is 14.3 Å². The van der Waals surface area contributed by atoms with E-state index in [4.69, 9.17) is 4.74 Å². The van der Waals surface area contributed by atoms with Gasteiger partial charge in [-0.25, -0.2) is 0 Å². The Bertz CT molecular complexity index is 946. The normalized spacial score (nSPS) is 19.1. The van der Waals surface area contributed by atoms with Gasteiger partial charge in [0.05, 0.1) is 11.5 Å². The minimum Gasteiger partial charge on any atom is -0.465 e. The van der Waals surface area contributed by atoms with Crippen molar-refractivity contribution < 1.29 is 19.2 Å². The van der Waals surface area contributed by atoms with E-state index in [2.05, 4.69) is 0 Å². The van der Waals surface area contributed by atoms with Gasteiger partial charge in [0.15, 0.2) is 5.78 Å². The molecule has 6 nitrogen and oxygen atoms in total. The number of nitro groups is 1. The molecule has 0 saturated carbocycles. The molecule has 0 N–H and O–H groups in total. The number of carbonyl (C=O) groups is 2. The van der Waals surface area contributed by atoms with Crippen molar-refractivity contribution in [2.75, 3.05) is 6.61 Å². The molecule has 0 bridgehead atoms. The molecule has 2 atom stereocenters. The van der Waals surface area contributed by atoms with Crippen LogP contribution in [0.5, 0.6) is 0 Å². The second-order valence-electron chi connectivity index (χ2n) is 6.83. The summed E-state index contributed by atoms with van der Waals surface area (Å²) in [7, 11) is 0. The lowest BCUT2D eigenvalue weighted by Gasteiger charge is -2.29. The molecule has 0 spiro atoms. The minimum absolute atomic E-state index is 0.0704. The molecule has 1 aliphatic carbocycles. The zero-order valence-corrected chi connectivity index (χ0v) is 15.8. The summed E-state index contributed by atoms with van der Waals surface area (Å²) in [6.07, 6.45) is 1.92.